The molecule has 0 amide bonds. The van der Waals surface area contributed by atoms with Crippen molar-refractivity contribution in [1.82, 2.24) is 0 Å². The molecule has 0 N–H and O–H groups in total. The second-order valence-corrected chi connectivity index (χ2v) is 6.34. The van der Waals surface area contributed by atoms with Gasteiger partial charge in [-0.3, -0.25) is 4.79 Å². The van der Waals surface area contributed by atoms with Crippen LogP contribution >= 0.6 is 11.6 Å². The number of halogens is 1. The summed E-state index contributed by atoms with van der Waals surface area (Å²) >= 11 is 6.29. The normalized spacial score (nSPS) is 11.0. The summed E-state index contributed by atoms with van der Waals surface area (Å²) < 4.78 is 5.91. The highest BCUT2D eigenvalue weighted by molar-refractivity contribution is 6.31. The smallest absolute Gasteiger partial charge is 0.135 e. The quantitative estimate of drug-likeness (QED) is 0.652. The molecule has 0 aliphatic rings. The standard InChI is InChI=1S/C18H27ClO2/c1-6-10-21-18-13(4)11-16(19)14(5)15(18)8-7-9-17(20)12(2)3/h11-12H,6-10H2,1-5H3. The Morgan fingerprint density at radius 1 is 1.33 bits per heavy atom. The number of carbonyl (C=O) groups is 1. The lowest BCUT2D eigenvalue weighted by Gasteiger charge is -2.17. The predicted molar refractivity (Wildman–Crippen MR) is 89.5 cm³/mol. The molecule has 0 saturated heterocycles. The molecule has 0 fully saturated rings. The number of hydrogen-bond donors (Lipinski definition) is 0. The van der Waals surface area contributed by atoms with Gasteiger partial charge in [0.25, 0.3) is 0 Å². The molecule has 0 spiro atoms. The summed E-state index contributed by atoms with van der Waals surface area (Å²) in [5.41, 5.74) is 3.31. The molecule has 0 bridgehead atoms. The molecular weight excluding hydrogens is 284 g/mol. The van der Waals surface area contributed by atoms with Crippen LogP contribution in [0.15, 0.2) is 6.07 Å². The molecule has 1 rings (SSSR count). The van der Waals surface area contributed by atoms with Gasteiger partial charge < -0.3 is 4.74 Å². The van der Waals surface area contributed by atoms with E-state index >= 15 is 0 Å². The summed E-state index contributed by atoms with van der Waals surface area (Å²) in [5, 5.41) is 0.779. The Labute approximate surface area is 133 Å². The first-order valence-electron chi connectivity index (χ1n) is 7.82. The highest BCUT2D eigenvalue weighted by Gasteiger charge is 2.15. The molecule has 3 heteroatoms. The molecule has 0 heterocycles. The largest absolute Gasteiger partial charge is 0.493 e. The second kappa shape index (κ2) is 8.43. The van der Waals surface area contributed by atoms with E-state index in [-0.39, 0.29) is 5.92 Å². The summed E-state index contributed by atoms with van der Waals surface area (Å²) in [7, 11) is 0. The van der Waals surface area contributed by atoms with Gasteiger partial charge in [0.2, 0.25) is 0 Å². The van der Waals surface area contributed by atoms with Crippen LogP contribution in [0.5, 0.6) is 5.75 Å². The minimum absolute atomic E-state index is 0.114. The number of rotatable bonds is 8. The summed E-state index contributed by atoms with van der Waals surface area (Å²) in [6, 6.07) is 1.96. The molecule has 1 aromatic rings. The molecule has 0 radical (unpaired) electrons. The third-order valence-corrected chi connectivity index (χ3v) is 4.12. The Bertz CT molecular complexity index is 492. The lowest BCUT2D eigenvalue weighted by atomic mass is 9.96. The van der Waals surface area contributed by atoms with E-state index in [0.717, 1.165) is 46.7 Å². The molecule has 0 unspecified atom stereocenters. The monoisotopic (exact) mass is 310 g/mol. The van der Waals surface area contributed by atoms with Gasteiger partial charge in [0, 0.05) is 17.4 Å². The SMILES string of the molecule is CCCOc1c(C)cc(Cl)c(C)c1CCCC(=O)C(C)C. The van der Waals surface area contributed by atoms with Crippen molar-refractivity contribution in [3.05, 3.63) is 27.8 Å². The molecule has 21 heavy (non-hydrogen) atoms. The van der Waals surface area contributed by atoms with Gasteiger partial charge in [0.15, 0.2) is 0 Å². The lowest BCUT2D eigenvalue weighted by molar-refractivity contribution is -0.121. The maximum Gasteiger partial charge on any atom is 0.135 e. The first kappa shape index (κ1) is 18.0. The molecule has 0 aliphatic carbocycles. The molecular formula is C18H27ClO2. The van der Waals surface area contributed by atoms with Gasteiger partial charge >= 0.3 is 0 Å². The average Bonchev–Trinajstić information content (AvgIpc) is 2.43. The number of carbonyl (C=O) groups excluding carboxylic acids is 1. The Kier molecular flexibility index (Phi) is 7.24. The van der Waals surface area contributed by atoms with Crippen molar-refractivity contribution >= 4 is 17.4 Å². The number of ketones is 1. The number of ether oxygens (including phenoxy) is 1. The van der Waals surface area contributed by atoms with Gasteiger partial charge in [-0.25, -0.2) is 0 Å². The van der Waals surface area contributed by atoms with Crippen molar-refractivity contribution < 1.29 is 9.53 Å². The molecule has 118 valence electrons. The van der Waals surface area contributed by atoms with Crippen molar-refractivity contribution in [2.75, 3.05) is 6.61 Å². The zero-order valence-electron chi connectivity index (χ0n) is 13.9. The van der Waals surface area contributed by atoms with Crippen molar-refractivity contribution in [1.29, 1.82) is 0 Å². The predicted octanol–water partition coefficient (Wildman–Crippen LogP) is 5.29. The van der Waals surface area contributed by atoms with Crippen LogP contribution in [0.25, 0.3) is 0 Å². The highest BCUT2D eigenvalue weighted by atomic mass is 35.5. The van der Waals surface area contributed by atoms with E-state index in [4.69, 9.17) is 16.3 Å². The number of hydrogen-bond acceptors (Lipinski definition) is 2. The summed E-state index contributed by atoms with van der Waals surface area (Å²) in [6.45, 7) is 10.8. The molecule has 2 nitrogen and oxygen atoms in total. The molecule has 1 aromatic carbocycles. The number of aryl methyl sites for hydroxylation is 1. The highest BCUT2D eigenvalue weighted by Crippen LogP contribution is 2.33. The van der Waals surface area contributed by atoms with Crippen LogP contribution in [-0.2, 0) is 11.2 Å². The first-order valence-corrected chi connectivity index (χ1v) is 8.20. The molecule has 0 atom stereocenters. The van der Waals surface area contributed by atoms with Gasteiger partial charge in [-0.05, 0) is 55.9 Å². The van der Waals surface area contributed by atoms with Crippen molar-refractivity contribution in [3.8, 4) is 5.75 Å². The van der Waals surface area contributed by atoms with E-state index in [9.17, 15) is 4.79 Å². The van der Waals surface area contributed by atoms with Crippen LogP contribution < -0.4 is 4.74 Å². The Hall–Kier alpha value is -1.02. The Morgan fingerprint density at radius 3 is 2.57 bits per heavy atom. The minimum atomic E-state index is 0.114. The van der Waals surface area contributed by atoms with Crippen molar-refractivity contribution in [2.45, 2.75) is 60.3 Å². The first-order chi connectivity index (χ1) is 9.88. The summed E-state index contributed by atoms with van der Waals surface area (Å²) in [6.07, 6.45) is 3.28. The molecule has 0 aromatic heterocycles. The van der Waals surface area contributed by atoms with E-state index in [1.165, 1.54) is 0 Å². The molecule has 0 aliphatic heterocycles. The second-order valence-electron chi connectivity index (χ2n) is 5.93. The van der Waals surface area contributed by atoms with Crippen molar-refractivity contribution in [2.24, 2.45) is 5.92 Å². The van der Waals surface area contributed by atoms with E-state index in [0.29, 0.717) is 18.8 Å². The van der Waals surface area contributed by atoms with E-state index < -0.39 is 0 Å². The third-order valence-electron chi connectivity index (χ3n) is 3.73. The van der Waals surface area contributed by atoms with Crippen LogP contribution in [0.2, 0.25) is 5.02 Å². The van der Waals surface area contributed by atoms with Crippen molar-refractivity contribution in [3.63, 3.8) is 0 Å². The van der Waals surface area contributed by atoms with E-state index in [1.807, 2.05) is 33.8 Å². The summed E-state index contributed by atoms with van der Waals surface area (Å²) in [5.74, 6) is 1.39. The van der Waals surface area contributed by atoms with Crippen LogP contribution in [0.3, 0.4) is 0 Å². The average molecular weight is 311 g/mol. The van der Waals surface area contributed by atoms with Gasteiger partial charge in [-0.15, -0.1) is 0 Å². The zero-order valence-corrected chi connectivity index (χ0v) is 14.6. The van der Waals surface area contributed by atoms with Crippen LogP contribution in [0.1, 0.15) is 56.7 Å². The zero-order chi connectivity index (χ0) is 16.0. The van der Waals surface area contributed by atoms with Crippen LogP contribution in [0, 0.1) is 19.8 Å². The number of Topliss-reactive ketones (excluding diaryl/α,β-unsaturated/α-hetero) is 1. The van der Waals surface area contributed by atoms with Gasteiger partial charge in [0.05, 0.1) is 6.61 Å². The van der Waals surface area contributed by atoms with E-state index in [2.05, 4.69) is 6.92 Å². The lowest BCUT2D eigenvalue weighted by Crippen LogP contribution is -2.08. The van der Waals surface area contributed by atoms with Gasteiger partial charge in [0.1, 0.15) is 11.5 Å². The fourth-order valence-electron chi connectivity index (χ4n) is 2.35. The van der Waals surface area contributed by atoms with Crippen LogP contribution in [0.4, 0.5) is 0 Å². The van der Waals surface area contributed by atoms with Crippen LogP contribution in [-0.4, -0.2) is 12.4 Å². The fraction of sp³-hybridized carbons (Fsp3) is 0.611. The maximum atomic E-state index is 11.8. The molecule has 0 saturated carbocycles. The summed E-state index contributed by atoms with van der Waals surface area (Å²) in [4.78, 5) is 11.8. The maximum absolute atomic E-state index is 11.8. The fourth-order valence-corrected chi connectivity index (χ4v) is 2.63. The third kappa shape index (κ3) is 5.03. The Balaban J connectivity index is 2.89. The Morgan fingerprint density at radius 2 is 2.00 bits per heavy atom. The number of benzene rings is 1. The van der Waals surface area contributed by atoms with Gasteiger partial charge in [-0.2, -0.15) is 0 Å². The van der Waals surface area contributed by atoms with Gasteiger partial charge in [-0.1, -0.05) is 32.4 Å². The topological polar surface area (TPSA) is 26.3 Å². The van der Waals surface area contributed by atoms with E-state index in [1.54, 1.807) is 0 Å². The minimum Gasteiger partial charge on any atom is -0.493 e.